The maximum Gasteiger partial charge on any atom is 0.247 e. The first-order chi connectivity index (χ1) is 22.4. The summed E-state index contributed by atoms with van der Waals surface area (Å²) in [5.74, 6) is 1.14. The standard InChI is InChI=1S/C34H38N8O4/c1-2-29(44)38-27-21-23(10-15-28(27)46-26-7-4-3-5-8-26)32-31-33(35)36-22-37-34(31)42(39-32)25-13-11-24(12-14-25)40-16-18-41(19-17-40)30(45)9-6-20-43/h2-5,7-8,10,15,20-22,24-25H,1,6,9,11-14,16-19H2,(H,38,44)(H2,35,36,37). The van der Waals surface area contributed by atoms with Gasteiger partial charge in [-0.25, -0.2) is 14.6 Å². The molecule has 0 atom stereocenters. The number of amides is 2. The second kappa shape index (κ2) is 13.9. The van der Waals surface area contributed by atoms with Crippen LogP contribution in [0.2, 0.25) is 0 Å². The number of benzene rings is 2. The van der Waals surface area contributed by atoms with E-state index in [4.69, 9.17) is 15.6 Å². The fourth-order valence-corrected chi connectivity index (χ4v) is 6.46. The van der Waals surface area contributed by atoms with Gasteiger partial charge in [-0.1, -0.05) is 24.8 Å². The van der Waals surface area contributed by atoms with Crippen LogP contribution in [0.5, 0.6) is 11.5 Å². The molecule has 12 heteroatoms. The van der Waals surface area contributed by atoms with E-state index in [1.165, 1.54) is 12.4 Å². The van der Waals surface area contributed by atoms with Crippen LogP contribution in [0.4, 0.5) is 11.5 Å². The highest BCUT2D eigenvalue weighted by Crippen LogP contribution is 2.39. The van der Waals surface area contributed by atoms with E-state index in [-0.39, 0.29) is 24.3 Å². The maximum atomic E-state index is 12.4. The van der Waals surface area contributed by atoms with Gasteiger partial charge in [-0.3, -0.25) is 14.5 Å². The molecule has 0 unspecified atom stereocenters. The predicted octanol–water partition coefficient (Wildman–Crippen LogP) is 4.60. The molecule has 6 rings (SSSR count). The van der Waals surface area contributed by atoms with Crippen molar-refractivity contribution in [2.75, 3.05) is 37.2 Å². The molecule has 46 heavy (non-hydrogen) atoms. The number of carbonyl (C=O) groups is 3. The van der Waals surface area contributed by atoms with Crippen LogP contribution >= 0.6 is 0 Å². The molecule has 2 aromatic heterocycles. The van der Waals surface area contributed by atoms with Crippen molar-refractivity contribution >= 4 is 40.6 Å². The Morgan fingerprint density at radius 1 is 1.00 bits per heavy atom. The van der Waals surface area contributed by atoms with E-state index in [1.54, 1.807) is 6.07 Å². The Labute approximate surface area is 267 Å². The molecule has 2 fully saturated rings. The summed E-state index contributed by atoms with van der Waals surface area (Å²) in [7, 11) is 0. The monoisotopic (exact) mass is 622 g/mol. The minimum Gasteiger partial charge on any atom is -0.455 e. The molecule has 0 bridgehead atoms. The third kappa shape index (κ3) is 6.62. The van der Waals surface area contributed by atoms with E-state index in [1.807, 2.05) is 52.0 Å². The minimum atomic E-state index is -0.365. The number of piperazine rings is 1. The van der Waals surface area contributed by atoms with Gasteiger partial charge in [-0.15, -0.1) is 0 Å². The number of para-hydroxylation sites is 1. The first-order valence-electron chi connectivity index (χ1n) is 15.7. The Balaban J connectivity index is 1.22. The summed E-state index contributed by atoms with van der Waals surface area (Å²) < 4.78 is 8.08. The third-order valence-corrected chi connectivity index (χ3v) is 8.86. The fourth-order valence-electron chi connectivity index (χ4n) is 6.46. The van der Waals surface area contributed by atoms with Crippen molar-refractivity contribution in [2.24, 2.45) is 0 Å². The number of ether oxygens (including phenoxy) is 1. The van der Waals surface area contributed by atoms with Gasteiger partial charge < -0.3 is 25.5 Å². The van der Waals surface area contributed by atoms with Gasteiger partial charge in [0, 0.05) is 50.6 Å². The average molecular weight is 623 g/mol. The van der Waals surface area contributed by atoms with Crippen LogP contribution in [0.3, 0.4) is 0 Å². The number of rotatable bonds is 10. The van der Waals surface area contributed by atoms with Crippen molar-refractivity contribution in [1.82, 2.24) is 29.5 Å². The van der Waals surface area contributed by atoms with E-state index in [0.717, 1.165) is 50.6 Å². The van der Waals surface area contributed by atoms with Crippen molar-refractivity contribution < 1.29 is 19.1 Å². The van der Waals surface area contributed by atoms with Crippen molar-refractivity contribution in [3.05, 3.63) is 67.5 Å². The summed E-state index contributed by atoms with van der Waals surface area (Å²) in [4.78, 5) is 48.6. The highest BCUT2D eigenvalue weighted by Gasteiger charge is 2.32. The maximum absolute atomic E-state index is 12.4. The molecule has 2 amide bonds. The normalized spacial score (nSPS) is 18.7. The number of nitrogen functional groups attached to an aromatic ring is 1. The summed E-state index contributed by atoms with van der Waals surface area (Å²) in [6, 6.07) is 15.4. The zero-order valence-electron chi connectivity index (χ0n) is 25.7. The van der Waals surface area contributed by atoms with Gasteiger partial charge in [-0.05, 0) is 62.1 Å². The molecule has 2 aromatic carbocycles. The van der Waals surface area contributed by atoms with Crippen molar-refractivity contribution in [3.8, 4) is 22.8 Å². The van der Waals surface area contributed by atoms with Gasteiger partial charge in [-0.2, -0.15) is 5.10 Å². The molecule has 0 spiro atoms. The molecule has 4 aromatic rings. The molecule has 12 nitrogen and oxygen atoms in total. The Hall–Kier alpha value is -5.10. The summed E-state index contributed by atoms with van der Waals surface area (Å²) in [5.41, 5.74) is 8.93. The summed E-state index contributed by atoms with van der Waals surface area (Å²) in [6.45, 7) is 6.67. The van der Waals surface area contributed by atoms with Crippen LogP contribution in [0.15, 0.2) is 67.5 Å². The molecule has 3 heterocycles. The second-order valence-corrected chi connectivity index (χ2v) is 11.7. The van der Waals surface area contributed by atoms with Crippen LogP contribution in [-0.4, -0.2) is 79.9 Å². The van der Waals surface area contributed by atoms with E-state index in [0.29, 0.717) is 65.3 Å². The third-order valence-electron chi connectivity index (χ3n) is 8.86. The quantitative estimate of drug-likeness (QED) is 0.191. The minimum absolute atomic E-state index is 0.0617. The first-order valence-corrected chi connectivity index (χ1v) is 15.7. The van der Waals surface area contributed by atoms with Crippen LogP contribution < -0.4 is 15.8 Å². The number of hydrogen-bond acceptors (Lipinski definition) is 9. The summed E-state index contributed by atoms with van der Waals surface area (Å²) in [5, 5.41) is 8.59. The second-order valence-electron chi connectivity index (χ2n) is 11.7. The van der Waals surface area contributed by atoms with Gasteiger partial charge in [0.1, 0.15) is 29.9 Å². The molecule has 0 radical (unpaired) electrons. The van der Waals surface area contributed by atoms with Crippen LogP contribution in [0, 0.1) is 0 Å². The van der Waals surface area contributed by atoms with E-state index < -0.39 is 0 Å². The SMILES string of the molecule is C=CC(=O)Nc1cc(-c2nn(C3CCC(N4CCN(C(=O)CCC=O)CC4)CC3)c3ncnc(N)c23)ccc1Oc1ccccc1. The molecule has 1 saturated carbocycles. The predicted molar refractivity (Wildman–Crippen MR) is 175 cm³/mol. The zero-order chi connectivity index (χ0) is 32.0. The number of fused-ring (bicyclic) bond motifs is 1. The molecule has 1 saturated heterocycles. The average Bonchev–Trinajstić information content (AvgIpc) is 3.49. The molecule has 1 aliphatic heterocycles. The summed E-state index contributed by atoms with van der Waals surface area (Å²) >= 11 is 0. The van der Waals surface area contributed by atoms with Gasteiger partial charge in [0.05, 0.1) is 17.1 Å². The Bertz CT molecular complexity index is 1720. The Morgan fingerprint density at radius 3 is 2.46 bits per heavy atom. The van der Waals surface area contributed by atoms with Crippen LogP contribution in [-0.2, 0) is 14.4 Å². The number of anilines is 2. The highest BCUT2D eigenvalue weighted by molar-refractivity contribution is 6.02. The molecule has 2 aliphatic rings. The number of carbonyl (C=O) groups excluding carboxylic acids is 3. The van der Waals surface area contributed by atoms with E-state index >= 15 is 0 Å². The van der Waals surface area contributed by atoms with Crippen molar-refractivity contribution in [2.45, 2.75) is 50.6 Å². The number of nitrogens with one attached hydrogen (secondary N) is 1. The molecular weight excluding hydrogens is 584 g/mol. The lowest BCUT2D eigenvalue weighted by molar-refractivity contribution is -0.134. The first kappa shape index (κ1) is 30.9. The lowest BCUT2D eigenvalue weighted by Crippen LogP contribution is -2.52. The molecule has 238 valence electrons. The van der Waals surface area contributed by atoms with Crippen molar-refractivity contribution in [1.29, 1.82) is 0 Å². The summed E-state index contributed by atoms with van der Waals surface area (Å²) in [6.07, 6.45) is 7.91. The Morgan fingerprint density at radius 2 is 1.74 bits per heavy atom. The highest BCUT2D eigenvalue weighted by atomic mass is 16.5. The van der Waals surface area contributed by atoms with E-state index in [2.05, 4.69) is 26.8 Å². The van der Waals surface area contributed by atoms with Crippen LogP contribution in [0.1, 0.15) is 44.6 Å². The van der Waals surface area contributed by atoms with Gasteiger partial charge >= 0.3 is 0 Å². The van der Waals surface area contributed by atoms with E-state index in [9.17, 15) is 14.4 Å². The topological polar surface area (TPSA) is 149 Å². The van der Waals surface area contributed by atoms with Gasteiger partial charge in [0.2, 0.25) is 11.8 Å². The number of hydrogen-bond donors (Lipinski definition) is 2. The fraction of sp³-hybridized carbons (Fsp3) is 0.353. The lowest BCUT2D eigenvalue weighted by atomic mass is 9.90. The number of aromatic nitrogens is 4. The van der Waals surface area contributed by atoms with Crippen molar-refractivity contribution in [3.63, 3.8) is 0 Å². The van der Waals surface area contributed by atoms with Crippen LogP contribution in [0.25, 0.3) is 22.3 Å². The lowest BCUT2D eigenvalue weighted by Gasteiger charge is -2.42. The number of nitrogens with zero attached hydrogens (tertiary/aromatic N) is 6. The van der Waals surface area contributed by atoms with Gasteiger partial charge in [0.25, 0.3) is 0 Å². The largest absolute Gasteiger partial charge is 0.455 e. The number of nitrogens with two attached hydrogens (primary N) is 1. The zero-order valence-corrected chi connectivity index (χ0v) is 25.7. The molecule has 1 aliphatic carbocycles. The Kier molecular flexibility index (Phi) is 9.34. The number of aldehydes is 1. The molecular formula is C34H38N8O4. The van der Waals surface area contributed by atoms with Gasteiger partial charge in [0.15, 0.2) is 11.4 Å². The molecule has 3 N–H and O–H groups in total. The smallest absolute Gasteiger partial charge is 0.247 e.